The Morgan fingerprint density at radius 3 is 2.55 bits per heavy atom. The predicted octanol–water partition coefficient (Wildman–Crippen LogP) is 3.75. The summed E-state index contributed by atoms with van der Waals surface area (Å²) in [6, 6.07) is 15.2. The van der Waals surface area contributed by atoms with E-state index in [1.807, 2.05) is 26.0 Å². The van der Waals surface area contributed by atoms with Gasteiger partial charge in [-0.15, -0.1) is 0 Å². The molecule has 1 aliphatic rings. The first-order valence-electron chi connectivity index (χ1n) is 10.3. The second-order valence-electron chi connectivity index (χ2n) is 8.10. The highest BCUT2D eigenvalue weighted by Crippen LogP contribution is 2.29. The lowest BCUT2D eigenvalue weighted by atomic mass is 9.87. The molecule has 0 radical (unpaired) electrons. The summed E-state index contributed by atoms with van der Waals surface area (Å²) in [5.74, 6) is 0.278. The number of benzene rings is 2. The van der Waals surface area contributed by atoms with Crippen LogP contribution in [0.2, 0.25) is 0 Å². The highest BCUT2D eigenvalue weighted by molar-refractivity contribution is 7.89. The minimum Gasteiger partial charge on any atom is -0.349 e. The van der Waals surface area contributed by atoms with Gasteiger partial charge < -0.3 is 5.32 Å². The Kier molecular flexibility index (Phi) is 7.09. The SMILES string of the molecule is CC(C)CNS(=O)(=O)c1ccc(CCC(=O)N[C@H]2CCCc3ccccc32)cc1. The quantitative estimate of drug-likeness (QED) is 0.691. The normalized spacial score (nSPS) is 16.4. The smallest absolute Gasteiger partial charge is 0.240 e. The van der Waals surface area contributed by atoms with Crippen molar-refractivity contribution in [3.05, 3.63) is 65.2 Å². The number of aryl methyl sites for hydroxylation is 2. The van der Waals surface area contributed by atoms with Crippen LogP contribution >= 0.6 is 0 Å². The average Bonchev–Trinajstić information content (AvgIpc) is 2.71. The number of sulfonamides is 1. The maximum absolute atomic E-state index is 12.5. The molecule has 1 amide bonds. The first kappa shape index (κ1) is 21.5. The second-order valence-corrected chi connectivity index (χ2v) is 9.87. The summed E-state index contributed by atoms with van der Waals surface area (Å²) in [5.41, 5.74) is 3.51. The highest BCUT2D eigenvalue weighted by atomic mass is 32.2. The Balaban J connectivity index is 1.53. The lowest BCUT2D eigenvalue weighted by molar-refractivity contribution is -0.121. The van der Waals surface area contributed by atoms with Gasteiger partial charge in [0.05, 0.1) is 10.9 Å². The molecule has 2 aromatic carbocycles. The van der Waals surface area contributed by atoms with Crippen LogP contribution in [-0.2, 0) is 27.7 Å². The molecule has 1 aliphatic carbocycles. The number of hydrogen-bond donors (Lipinski definition) is 2. The lowest BCUT2D eigenvalue weighted by Gasteiger charge is -2.26. The summed E-state index contributed by atoms with van der Waals surface area (Å²) >= 11 is 0. The Morgan fingerprint density at radius 2 is 1.83 bits per heavy atom. The molecule has 0 unspecified atom stereocenters. The van der Waals surface area contributed by atoms with Crippen molar-refractivity contribution in [2.75, 3.05) is 6.54 Å². The molecular weight excluding hydrogens is 384 g/mol. The van der Waals surface area contributed by atoms with Crippen molar-refractivity contribution in [3.63, 3.8) is 0 Å². The molecule has 0 saturated carbocycles. The average molecular weight is 415 g/mol. The van der Waals surface area contributed by atoms with E-state index in [0.29, 0.717) is 19.4 Å². The molecule has 0 saturated heterocycles. The standard InChI is InChI=1S/C23H30N2O3S/c1-17(2)16-24-29(27,28)20-13-10-18(11-14-20)12-15-23(26)25-22-9-5-7-19-6-3-4-8-21(19)22/h3-4,6,8,10-11,13-14,17,22,24H,5,7,9,12,15-16H2,1-2H3,(H,25,26)/t22-/m0/s1. The van der Waals surface area contributed by atoms with E-state index in [0.717, 1.165) is 24.8 Å². The van der Waals surface area contributed by atoms with Crippen molar-refractivity contribution < 1.29 is 13.2 Å². The van der Waals surface area contributed by atoms with Gasteiger partial charge in [0.15, 0.2) is 0 Å². The van der Waals surface area contributed by atoms with Crippen LogP contribution in [0.15, 0.2) is 53.4 Å². The van der Waals surface area contributed by atoms with Gasteiger partial charge in [-0.2, -0.15) is 0 Å². The number of rotatable bonds is 8. The molecule has 2 N–H and O–H groups in total. The van der Waals surface area contributed by atoms with Crippen LogP contribution in [0, 0.1) is 5.92 Å². The third-order valence-corrected chi connectivity index (χ3v) is 6.70. The molecule has 0 fully saturated rings. The van der Waals surface area contributed by atoms with Gasteiger partial charge in [-0.3, -0.25) is 4.79 Å². The van der Waals surface area contributed by atoms with Crippen LogP contribution in [0.4, 0.5) is 0 Å². The zero-order valence-corrected chi connectivity index (χ0v) is 18.0. The van der Waals surface area contributed by atoms with Crippen LogP contribution in [0.5, 0.6) is 0 Å². The minimum atomic E-state index is -3.48. The molecule has 156 valence electrons. The van der Waals surface area contributed by atoms with Gasteiger partial charge in [0.1, 0.15) is 0 Å². The Bertz CT molecular complexity index is 937. The fraction of sp³-hybridized carbons (Fsp3) is 0.435. The Hall–Kier alpha value is -2.18. The van der Waals surface area contributed by atoms with E-state index in [-0.39, 0.29) is 22.8 Å². The third kappa shape index (κ3) is 5.90. The molecule has 1 atom stereocenters. The molecule has 0 spiro atoms. The van der Waals surface area contributed by atoms with Crippen molar-refractivity contribution in [3.8, 4) is 0 Å². The maximum Gasteiger partial charge on any atom is 0.240 e. The summed E-state index contributed by atoms with van der Waals surface area (Å²) in [6.07, 6.45) is 4.10. The number of amides is 1. The van der Waals surface area contributed by atoms with Gasteiger partial charge in [-0.25, -0.2) is 13.1 Å². The number of fused-ring (bicyclic) bond motifs is 1. The van der Waals surface area contributed by atoms with E-state index < -0.39 is 10.0 Å². The summed E-state index contributed by atoms with van der Waals surface area (Å²) < 4.78 is 27.1. The van der Waals surface area contributed by atoms with Crippen LogP contribution in [0.25, 0.3) is 0 Å². The molecule has 29 heavy (non-hydrogen) atoms. The minimum absolute atomic E-state index is 0.0296. The third-order valence-electron chi connectivity index (χ3n) is 5.26. The van der Waals surface area contributed by atoms with Crippen molar-refractivity contribution in [2.24, 2.45) is 5.92 Å². The van der Waals surface area contributed by atoms with Gasteiger partial charge >= 0.3 is 0 Å². The van der Waals surface area contributed by atoms with Crippen LogP contribution in [0.1, 0.15) is 55.8 Å². The Labute approximate surface area is 174 Å². The van der Waals surface area contributed by atoms with Crippen molar-refractivity contribution >= 4 is 15.9 Å². The molecule has 0 aliphatic heterocycles. The number of carbonyl (C=O) groups excluding carboxylic acids is 1. The first-order valence-corrected chi connectivity index (χ1v) is 11.8. The predicted molar refractivity (Wildman–Crippen MR) is 115 cm³/mol. The highest BCUT2D eigenvalue weighted by Gasteiger charge is 2.21. The van der Waals surface area contributed by atoms with Crippen LogP contribution in [0.3, 0.4) is 0 Å². The summed E-state index contributed by atoms with van der Waals surface area (Å²) in [6.45, 7) is 4.33. The number of carbonyl (C=O) groups is 1. The molecule has 0 bridgehead atoms. The van der Waals surface area contributed by atoms with Gasteiger partial charge in [0.2, 0.25) is 15.9 Å². The molecule has 2 aromatic rings. The van der Waals surface area contributed by atoms with E-state index in [4.69, 9.17) is 0 Å². The van der Waals surface area contributed by atoms with E-state index in [1.165, 1.54) is 11.1 Å². The summed E-state index contributed by atoms with van der Waals surface area (Å²) in [7, 11) is -3.48. The zero-order valence-electron chi connectivity index (χ0n) is 17.1. The fourth-order valence-electron chi connectivity index (χ4n) is 3.62. The summed E-state index contributed by atoms with van der Waals surface area (Å²) in [4.78, 5) is 12.7. The van der Waals surface area contributed by atoms with Gasteiger partial charge in [-0.1, -0.05) is 50.2 Å². The number of nitrogens with one attached hydrogen (secondary N) is 2. The second kappa shape index (κ2) is 9.55. The molecular formula is C23H30N2O3S. The fourth-order valence-corrected chi connectivity index (χ4v) is 4.84. The van der Waals surface area contributed by atoms with E-state index >= 15 is 0 Å². The van der Waals surface area contributed by atoms with Crippen molar-refractivity contribution in [1.29, 1.82) is 0 Å². The maximum atomic E-state index is 12.5. The van der Waals surface area contributed by atoms with Gasteiger partial charge in [0, 0.05) is 13.0 Å². The zero-order chi connectivity index (χ0) is 20.9. The van der Waals surface area contributed by atoms with Gasteiger partial charge in [0.25, 0.3) is 0 Å². The molecule has 3 rings (SSSR count). The lowest BCUT2D eigenvalue weighted by Crippen LogP contribution is -2.31. The van der Waals surface area contributed by atoms with Gasteiger partial charge in [-0.05, 0) is 60.4 Å². The number of hydrogen-bond acceptors (Lipinski definition) is 3. The molecule has 0 heterocycles. The van der Waals surface area contributed by atoms with Crippen molar-refractivity contribution in [1.82, 2.24) is 10.0 Å². The van der Waals surface area contributed by atoms with E-state index in [2.05, 4.69) is 22.2 Å². The largest absolute Gasteiger partial charge is 0.349 e. The first-order chi connectivity index (χ1) is 13.8. The topological polar surface area (TPSA) is 75.3 Å². The molecule has 5 nitrogen and oxygen atoms in total. The van der Waals surface area contributed by atoms with E-state index in [9.17, 15) is 13.2 Å². The molecule has 6 heteroatoms. The summed E-state index contributed by atoms with van der Waals surface area (Å²) in [5, 5.41) is 3.16. The van der Waals surface area contributed by atoms with E-state index in [1.54, 1.807) is 24.3 Å². The van der Waals surface area contributed by atoms with Crippen LogP contribution < -0.4 is 10.0 Å². The Morgan fingerprint density at radius 1 is 1.10 bits per heavy atom. The monoisotopic (exact) mass is 414 g/mol. The van der Waals surface area contributed by atoms with Crippen LogP contribution in [-0.4, -0.2) is 20.9 Å². The van der Waals surface area contributed by atoms with Crippen molar-refractivity contribution in [2.45, 2.75) is 56.9 Å². The molecule has 0 aromatic heterocycles.